The van der Waals surface area contributed by atoms with E-state index in [4.69, 9.17) is 16.6 Å². The topological polar surface area (TPSA) is 82.6 Å². The number of carbonyl (C=O) groups is 1. The highest BCUT2D eigenvalue weighted by molar-refractivity contribution is 7.91. The Labute approximate surface area is 239 Å². The summed E-state index contributed by atoms with van der Waals surface area (Å²) >= 11 is 10.3. The van der Waals surface area contributed by atoms with Gasteiger partial charge in [-0.05, 0) is 62.1 Å². The van der Waals surface area contributed by atoms with Gasteiger partial charge in [0.25, 0.3) is 10.0 Å². The zero-order valence-corrected chi connectivity index (χ0v) is 24.8. The summed E-state index contributed by atoms with van der Waals surface area (Å²) in [5.74, 6) is -0.292. The maximum atomic E-state index is 13.7. The van der Waals surface area contributed by atoms with E-state index < -0.39 is 16.1 Å². The zero-order valence-electron chi connectivity index (χ0n) is 20.8. The molecule has 2 aliphatic rings. The lowest BCUT2D eigenvalue weighted by Crippen LogP contribution is -2.42. The minimum absolute atomic E-state index is 0.167. The number of fused-ring (bicyclic) bond motifs is 2. The minimum atomic E-state index is -3.81. The van der Waals surface area contributed by atoms with Crippen LogP contribution in [-0.4, -0.2) is 54.2 Å². The fourth-order valence-corrected chi connectivity index (χ4v) is 11.0. The van der Waals surface area contributed by atoms with Gasteiger partial charge in [-0.3, -0.25) is 9.69 Å². The first-order valence-electron chi connectivity index (χ1n) is 12.7. The fraction of sp³-hybridized carbons (Fsp3) is 0.385. The van der Waals surface area contributed by atoms with Crippen LogP contribution in [0.4, 0.5) is 5.00 Å². The molecule has 1 unspecified atom stereocenters. The summed E-state index contributed by atoms with van der Waals surface area (Å²) in [6.45, 7) is 5.37. The Bertz CT molecular complexity index is 1580. The molecule has 38 heavy (non-hydrogen) atoms. The molecule has 0 spiro atoms. The van der Waals surface area contributed by atoms with Crippen molar-refractivity contribution in [3.05, 3.63) is 51.2 Å². The summed E-state index contributed by atoms with van der Waals surface area (Å²) in [5.41, 5.74) is 3.18. The number of nitrogens with zero attached hydrogens (tertiary/aromatic N) is 3. The molecule has 1 amide bonds. The summed E-state index contributed by atoms with van der Waals surface area (Å²) in [6.07, 6.45) is 3.11. The molecule has 200 valence electrons. The molecule has 6 rings (SSSR count). The van der Waals surface area contributed by atoms with Gasteiger partial charge in [0.05, 0.1) is 14.6 Å². The van der Waals surface area contributed by atoms with Crippen molar-refractivity contribution in [2.45, 2.75) is 49.4 Å². The van der Waals surface area contributed by atoms with Crippen LogP contribution in [0.1, 0.15) is 36.6 Å². The van der Waals surface area contributed by atoms with Crippen LogP contribution in [0.5, 0.6) is 0 Å². The Kier molecular flexibility index (Phi) is 7.36. The highest BCUT2D eigenvalue weighted by atomic mass is 35.5. The molecule has 7 nitrogen and oxygen atoms in total. The van der Waals surface area contributed by atoms with E-state index in [0.29, 0.717) is 23.7 Å². The number of benzene rings is 1. The number of hydrogen-bond donors (Lipinski definition) is 1. The Morgan fingerprint density at radius 1 is 1.16 bits per heavy atom. The van der Waals surface area contributed by atoms with Crippen molar-refractivity contribution in [1.29, 1.82) is 0 Å². The number of thiazole rings is 1. The fourth-order valence-electron chi connectivity index (χ4n) is 5.29. The monoisotopic (exact) mass is 606 g/mol. The second-order valence-corrected chi connectivity index (χ2v) is 15.5. The van der Waals surface area contributed by atoms with Gasteiger partial charge in [-0.15, -0.1) is 34.0 Å². The second kappa shape index (κ2) is 10.6. The average molecular weight is 607 g/mol. The van der Waals surface area contributed by atoms with E-state index in [1.807, 2.05) is 18.2 Å². The van der Waals surface area contributed by atoms with Crippen molar-refractivity contribution in [3.8, 4) is 10.6 Å². The first-order chi connectivity index (χ1) is 18.3. The lowest BCUT2D eigenvalue weighted by atomic mass is 10.0. The van der Waals surface area contributed by atoms with Crippen LogP contribution in [0.2, 0.25) is 4.34 Å². The van der Waals surface area contributed by atoms with E-state index in [1.165, 1.54) is 20.8 Å². The number of hydrogen-bond acceptors (Lipinski definition) is 8. The first kappa shape index (κ1) is 26.4. The summed E-state index contributed by atoms with van der Waals surface area (Å²) < 4.78 is 29.7. The van der Waals surface area contributed by atoms with Gasteiger partial charge < -0.3 is 5.32 Å². The van der Waals surface area contributed by atoms with Crippen molar-refractivity contribution >= 4 is 76.8 Å². The van der Waals surface area contributed by atoms with E-state index in [9.17, 15) is 13.2 Å². The van der Waals surface area contributed by atoms with Crippen molar-refractivity contribution in [2.24, 2.45) is 0 Å². The van der Waals surface area contributed by atoms with Crippen molar-refractivity contribution in [3.63, 3.8) is 0 Å². The number of amides is 1. The predicted octanol–water partition coefficient (Wildman–Crippen LogP) is 6.30. The summed E-state index contributed by atoms with van der Waals surface area (Å²) in [4.78, 5) is 22.3. The van der Waals surface area contributed by atoms with Gasteiger partial charge in [-0.2, -0.15) is 4.31 Å². The molecule has 1 atom stereocenters. The molecule has 12 heteroatoms. The number of thiophene rings is 2. The molecule has 0 radical (unpaired) electrons. The lowest BCUT2D eigenvalue weighted by molar-refractivity contribution is -0.119. The zero-order chi connectivity index (χ0) is 26.4. The van der Waals surface area contributed by atoms with Gasteiger partial charge in [-0.1, -0.05) is 30.7 Å². The molecular formula is C26H27ClN4O3S4. The second-order valence-electron chi connectivity index (χ2n) is 9.54. The van der Waals surface area contributed by atoms with Crippen LogP contribution >= 0.6 is 45.6 Å². The van der Waals surface area contributed by atoms with Crippen LogP contribution in [-0.2, 0) is 27.8 Å². The van der Waals surface area contributed by atoms with E-state index >= 15 is 0 Å². The van der Waals surface area contributed by atoms with E-state index in [1.54, 1.807) is 28.7 Å². The summed E-state index contributed by atoms with van der Waals surface area (Å²) in [6, 6.07) is 10.4. The van der Waals surface area contributed by atoms with E-state index in [2.05, 4.69) is 23.2 Å². The quantitative estimate of drug-likeness (QED) is 0.267. The molecule has 0 saturated carbocycles. The standard InChI is InChI=1S/C26H27ClN4O3S4/c1-2-12-30-14-11-16-20(15-30)36-26(23(16)25-28-17-6-3-4-8-19(17)35-25)29-24(32)18-7-5-13-31(18)38(33,34)22-10-9-21(27)37-22/h3-4,6,8-10,18H,2,5,7,11-15H2,1H3,(H,29,32). The van der Waals surface area contributed by atoms with Crippen LogP contribution in [0.15, 0.2) is 40.6 Å². The molecule has 1 N–H and O–H groups in total. The largest absolute Gasteiger partial charge is 0.316 e. The number of rotatable bonds is 7. The Morgan fingerprint density at radius 3 is 2.76 bits per heavy atom. The third kappa shape index (κ3) is 4.83. The number of aromatic nitrogens is 1. The van der Waals surface area contributed by atoms with Gasteiger partial charge in [0.2, 0.25) is 5.91 Å². The smallest absolute Gasteiger partial charge is 0.253 e. The number of halogens is 1. The molecule has 0 bridgehead atoms. The van der Waals surface area contributed by atoms with Crippen LogP contribution in [0, 0.1) is 0 Å². The number of para-hydroxylation sites is 1. The van der Waals surface area contributed by atoms with Crippen LogP contribution < -0.4 is 5.32 Å². The average Bonchev–Trinajstić information content (AvgIpc) is 3.68. The molecule has 0 aliphatic carbocycles. The van der Waals surface area contributed by atoms with Crippen LogP contribution in [0.3, 0.4) is 0 Å². The van der Waals surface area contributed by atoms with Crippen molar-refractivity contribution in [2.75, 3.05) is 25.0 Å². The molecule has 2 aliphatic heterocycles. The highest BCUT2D eigenvalue weighted by Crippen LogP contribution is 2.46. The lowest BCUT2D eigenvalue weighted by Gasteiger charge is -2.26. The third-order valence-corrected chi connectivity index (χ3v) is 12.8. The van der Waals surface area contributed by atoms with Crippen molar-refractivity contribution < 1.29 is 13.2 Å². The molecule has 1 fully saturated rings. The molecular weight excluding hydrogens is 580 g/mol. The highest BCUT2D eigenvalue weighted by Gasteiger charge is 2.41. The first-order valence-corrected chi connectivity index (χ1v) is 16.9. The number of sulfonamides is 1. The van der Waals surface area contributed by atoms with Crippen molar-refractivity contribution in [1.82, 2.24) is 14.2 Å². The maximum Gasteiger partial charge on any atom is 0.253 e. The third-order valence-electron chi connectivity index (χ3n) is 7.04. The van der Waals surface area contributed by atoms with Gasteiger partial charge in [0.1, 0.15) is 20.3 Å². The van der Waals surface area contributed by atoms with Gasteiger partial charge in [-0.25, -0.2) is 13.4 Å². The van der Waals surface area contributed by atoms with E-state index in [-0.39, 0.29) is 10.1 Å². The Hall–Kier alpha value is -1.86. The maximum absolute atomic E-state index is 13.7. The van der Waals surface area contributed by atoms with Gasteiger partial charge in [0.15, 0.2) is 0 Å². The minimum Gasteiger partial charge on any atom is -0.316 e. The Morgan fingerprint density at radius 2 is 2.00 bits per heavy atom. The molecule has 5 heterocycles. The number of anilines is 1. The summed E-state index contributed by atoms with van der Waals surface area (Å²) in [5, 5.41) is 4.82. The predicted molar refractivity (Wildman–Crippen MR) is 157 cm³/mol. The number of carbonyl (C=O) groups excluding carboxylic acids is 1. The normalized spacial score (nSPS) is 18.7. The number of nitrogens with one attached hydrogen (secondary N) is 1. The molecule has 1 aromatic carbocycles. The van der Waals surface area contributed by atoms with Crippen LogP contribution in [0.25, 0.3) is 20.8 Å². The molecule has 3 aromatic heterocycles. The van der Waals surface area contributed by atoms with Gasteiger partial charge >= 0.3 is 0 Å². The molecule has 4 aromatic rings. The SMILES string of the molecule is CCCN1CCc2c(sc(NC(=O)C3CCCN3S(=O)(=O)c3ccc(Cl)s3)c2-c2nc3ccccc3s2)C1. The van der Waals surface area contributed by atoms with E-state index in [0.717, 1.165) is 69.6 Å². The summed E-state index contributed by atoms with van der Waals surface area (Å²) in [7, 11) is -3.81. The van der Waals surface area contributed by atoms with Gasteiger partial charge in [0, 0.05) is 30.1 Å². The molecule has 1 saturated heterocycles. The Balaban J connectivity index is 1.35.